The molecule has 3 heterocycles. The average molecular weight is 344 g/mol. The third-order valence-electron chi connectivity index (χ3n) is 5.72. The van der Waals surface area contributed by atoms with Crippen molar-refractivity contribution in [3.05, 3.63) is 23.9 Å². The SMILES string of the molecule is COc1ccc2n[nH]c(CN3CCC(N4CCCC(O)C4)CC3)c2c1. The van der Waals surface area contributed by atoms with Crippen molar-refractivity contribution in [2.24, 2.45) is 0 Å². The molecule has 0 saturated carbocycles. The molecule has 136 valence electrons. The van der Waals surface area contributed by atoms with Gasteiger partial charge in [0, 0.05) is 37.6 Å². The molecule has 0 aliphatic carbocycles. The molecular formula is C19H28N4O2. The van der Waals surface area contributed by atoms with Crippen LogP contribution in [0.4, 0.5) is 0 Å². The lowest BCUT2D eigenvalue weighted by molar-refractivity contribution is 0.0242. The maximum Gasteiger partial charge on any atom is 0.119 e. The van der Waals surface area contributed by atoms with Crippen LogP contribution in [0, 0.1) is 0 Å². The van der Waals surface area contributed by atoms with Gasteiger partial charge in [0.2, 0.25) is 0 Å². The van der Waals surface area contributed by atoms with Crippen molar-refractivity contribution in [1.82, 2.24) is 20.0 Å². The Morgan fingerprint density at radius 3 is 2.84 bits per heavy atom. The summed E-state index contributed by atoms with van der Waals surface area (Å²) >= 11 is 0. The molecular weight excluding hydrogens is 316 g/mol. The van der Waals surface area contributed by atoms with Crippen LogP contribution < -0.4 is 4.74 Å². The van der Waals surface area contributed by atoms with Gasteiger partial charge in [-0.3, -0.25) is 14.9 Å². The van der Waals surface area contributed by atoms with Gasteiger partial charge in [0.1, 0.15) is 5.75 Å². The molecule has 0 spiro atoms. The first-order valence-corrected chi connectivity index (χ1v) is 9.38. The van der Waals surface area contributed by atoms with Crippen LogP contribution in [0.25, 0.3) is 10.9 Å². The molecule has 25 heavy (non-hydrogen) atoms. The zero-order valence-corrected chi connectivity index (χ0v) is 14.9. The van der Waals surface area contributed by atoms with Gasteiger partial charge in [0.25, 0.3) is 0 Å². The Morgan fingerprint density at radius 1 is 1.24 bits per heavy atom. The minimum Gasteiger partial charge on any atom is -0.497 e. The molecule has 2 saturated heterocycles. The third kappa shape index (κ3) is 3.66. The minimum atomic E-state index is -0.127. The fourth-order valence-electron chi connectivity index (χ4n) is 4.27. The number of methoxy groups -OCH3 is 1. The normalized spacial score (nSPS) is 24.0. The quantitative estimate of drug-likeness (QED) is 0.888. The topological polar surface area (TPSA) is 64.6 Å². The predicted octanol–water partition coefficient (Wildman–Crippen LogP) is 1.99. The van der Waals surface area contributed by atoms with Crippen LogP contribution in [0.2, 0.25) is 0 Å². The second-order valence-corrected chi connectivity index (χ2v) is 7.38. The standard InChI is InChI=1S/C19H28N4O2/c1-25-16-4-5-18-17(11-16)19(21-20-18)13-22-9-6-14(7-10-22)23-8-2-3-15(24)12-23/h4-5,11,14-15,24H,2-3,6-10,12-13H2,1H3,(H,20,21). The van der Waals surface area contributed by atoms with Crippen molar-refractivity contribution in [1.29, 1.82) is 0 Å². The number of piperidine rings is 2. The number of aromatic nitrogens is 2. The lowest BCUT2D eigenvalue weighted by Crippen LogP contribution is -2.49. The van der Waals surface area contributed by atoms with E-state index in [-0.39, 0.29) is 6.10 Å². The average Bonchev–Trinajstić information content (AvgIpc) is 3.04. The molecule has 6 heteroatoms. The Bertz CT molecular complexity index is 709. The second kappa shape index (κ2) is 7.32. The van der Waals surface area contributed by atoms with E-state index in [1.54, 1.807) is 7.11 Å². The summed E-state index contributed by atoms with van der Waals surface area (Å²) in [4.78, 5) is 5.01. The fourth-order valence-corrected chi connectivity index (χ4v) is 4.27. The summed E-state index contributed by atoms with van der Waals surface area (Å²) in [7, 11) is 1.70. The highest BCUT2D eigenvalue weighted by molar-refractivity contribution is 5.82. The van der Waals surface area contributed by atoms with Gasteiger partial charge in [-0.15, -0.1) is 0 Å². The van der Waals surface area contributed by atoms with E-state index < -0.39 is 0 Å². The van der Waals surface area contributed by atoms with Crippen molar-refractivity contribution in [2.75, 3.05) is 33.3 Å². The van der Waals surface area contributed by atoms with Crippen LogP contribution >= 0.6 is 0 Å². The Hall–Kier alpha value is -1.63. The number of nitrogens with zero attached hydrogens (tertiary/aromatic N) is 3. The lowest BCUT2D eigenvalue weighted by atomic mass is 9.99. The van der Waals surface area contributed by atoms with Crippen molar-refractivity contribution >= 4 is 10.9 Å². The molecule has 1 aromatic carbocycles. The number of aromatic amines is 1. The minimum absolute atomic E-state index is 0.127. The van der Waals surface area contributed by atoms with E-state index in [0.29, 0.717) is 6.04 Å². The van der Waals surface area contributed by atoms with Crippen LogP contribution in [0.5, 0.6) is 5.75 Å². The van der Waals surface area contributed by atoms with E-state index in [1.807, 2.05) is 12.1 Å². The van der Waals surface area contributed by atoms with Crippen LogP contribution in [0.3, 0.4) is 0 Å². The Kier molecular flexibility index (Phi) is 4.92. The van der Waals surface area contributed by atoms with Gasteiger partial charge in [-0.1, -0.05) is 0 Å². The molecule has 2 N–H and O–H groups in total. The van der Waals surface area contributed by atoms with Gasteiger partial charge in [-0.2, -0.15) is 5.10 Å². The number of β-amino-alcohol motifs (C(OH)–C–C–N with tert-alkyl or cyclic N) is 1. The first kappa shape index (κ1) is 16.8. The molecule has 4 rings (SSSR count). The van der Waals surface area contributed by atoms with E-state index in [9.17, 15) is 5.11 Å². The molecule has 6 nitrogen and oxygen atoms in total. The van der Waals surface area contributed by atoms with E-state index in [4.69, 9.17) is 4.74 Å². The summed E-state index contributed by atoms with van der Waals surface area (Å²) < 4.78 is 5.35. The van der Waals surface area contributed by atoms with Crippen molar-refractivity contribution in [3.63, 3.8) is 0 Å². The van der Waals surface area contributed by atoms with Crippen LogP contribution in [-0.4, -0.2) is 70.5 Å². The number of benzene rings is 1. The number of fused-ring (bicyclic) bond motifs is 1. The maximum atomic E-state index is 9.90. The molecule has 0 bridgehead atoms. The highest BCUT2D eigenvalue weighted by Crippen LogP contribution is 2.25. The number of aliphatic hydroxyl groups excluding tert-OH is 1. The molecule has 2 aliphatic rings. The number of hydrogen-bond acceptors (Lipinski definition) is 5. The highest BCUT2D eigenvalue weighted by atomic mass is 16.5. The van der Waals surface area contributed by atoms with Gasteiger partial charge in [-0.05, 0) is 50.4 Å². The van der Waals surface area contributed by atoms with Gasteiger partial charge in [0.15, 0.2) is 0 Å². The maximum absolute atomic E-state index is 9.90. The smallest absolute Gasteiger partial charge is 0.119 e. The Labute approximate surface area is 148 Å². The van der Waals surface area contributed by atoms with Crippen LogP contribution in [0.1, 0.15) is 31.4 Å². The van der Waals surface area contributed by atoms with Crippen molar-refractivity contribution < 1.29 is 9.84 Å². The largest absolute Gasteiger partial charge is 0.497 e. The first-order chi connectivity index (χ1) is 12.2. The number of aliphatic hydroxyl groups is 1. The molecule has 1 unspecified atom stereocenters. The van der Waals surface area contributed by atoms with Gasteiger partial charge in [0.05, 0.1) is 24.4 Å². The first-order valence-electron chi connectivity index (χ1n) is 9.38. The van der Waals surface area contributed by atoms with Gasteiger partial charge in [-0.25, -0.2) is 0 Å². The molecule has 2 aromatic rings. The molecule has 1 atom stereocenters. The summed E-state index contributed by atoms with van der Waals surface area (Å²) in [5.74, 6) is 0.873. The highest BCUT2D eigenvalue weighted by Gasteiger charge is 2.28. The van der Waals surface area contributed by atoms with Crippen molar-refractivity contribution in [3.8, 4) is 5.75 Å². The fraction of sp³-hybridized carbons (Fsp3) is 0.632. The number of nitrogens with one attached hydrogen (secondary N) is 1. The zero-order chi connectivity index (χ0) is 17.2. The summed E-state index contributed by atoms with van der Waals surface area (Å²) in [6.45, 7) is 5.10. The summed E-state index contributed by atoms with van der Waals surface area (Å²) in [5.41, 5.74) is 2.16. The van der Waals surface area contributed by atoms with E-state index in [2.05, 4.69) is 26.1 Å². The molecule has 0 amide bonds. The van der Waals surface area contributed by atoms with E-state index in [0.717, 1.165) is 62.2 Å². The number of rotatable bonds is 4. The van der Waals surface area contributed by atoms with Gasteiger partial charge >= 0.3 is 0 Å². The summed E-state index contributed by atoms with van der Waals surface area (Å²) in [5, 5.41) is 18.7. The van der Waals surface area contributed by atoms with Crippen LogP contribution in [-0.2, 0) is 6.54 Å². The molecule has 2 fully saturated rings. The van der Waals surface area contributed by atoms with E-state index >= 15 is 0 Å². The Morgan fingerprint density at radius 2 is 2.08 bits per heavy atom. The lowest BCUT2D eigenvalue weighted by Gasteiger charge is -2.41. The molecule has 0 radical (unpaired) electrons. The predicted molar refractivity (Wildman–Crippen MR) is 97.8 cm³/mol. The second-order valence-electron chi connectivity index (χ2n) is 7.38. The number of ether oxygens (including phenoxy) is 1. The molecule has 2 aliphatic heterocycles. The monoisotopic (exact) mass is 344 g/mol. The summed E-state index contributed by atoms with van der Waals surface area (Å²) in [6, 6.07) is 6.65. The van der Waals surface area contributed by atoms with Crippen molar-refractivity contribution in [2.45, 2.75) is 44.4 Å². The number of H-pyrrole nitrogens is 1. The summed E-state index contributed by atoms with van der Waals surface area (Å²) in [6.07, 6.45) is 4.33. The Balaban J connectivity index is 1.37. The van der Waals surface area contributed by atoms with E-state index in [1.165, 1.54) is 18.5 Å². The third-order valence-corrected chi connectivity index (χ3v) is 5.72. The molecule has 1 aromatic heterocycles. The zero-order valence-electron chi connectivity index (χ0n) is 14.9. The number of likely N-dealkylation sites (tertiary alicyclic amines) is 2. The van der Waals surface area contributed by atoms with Crippen LogP contribution in [0.15, 0.2) is 18.2 Å². The van der Waals surface area contributed by atoms with Gasteiger partial charge < -0.3 is 9.84 Å². The number of hydrogen-bond donors (Lipinski definition) is 2.